The van der Waals surface area contributed by atoms with Gasteiger partial charge in [0.2, 0.25) is 0 Å². The Hall–Kier alpha value is -5.43. The summed E-state index contributed by atoms with van der Waals surface area (Å²) in [6.45, 7) is 6.61. The molecule has 0 saturated heterocycles. The highest BCUT2D eigenvalue weighted by molar-refractivity contribution is 5.82. The van der Waals surface area contributed by atoms with Gasteiger partial charge in [-0.1, -0.05) is 79.9 Å². The van der Waals surface area contributed by atoms with Crippen molar-refractivity contribution in [1.29, 1.82) is 0 Å². The number of halogens is 1. The number of carbonyl (C=O) groups excluding carboxylic acids is 2. The molecule has 3 aromatic carbocycles. The SMILES string of the molecule is C=CC(=O)OC=COc1ccc(C=Cc2ccc(C=Cc3ccccc3OC=COC(=O)C=C)c(F)c2)cc1. The Kier molecular flexibility index (Phi) is 10.8. The molecule has 196 valence electrons. The summed E-state index contributed by atoms with van der Waals surface area (Å²) in [6, 6.07) is 19.3. The van der Waals surface area contributed by atoms with Gasteiger partial charge in [0.1, 0.15) is 42.4 Å². The quantitative estimate of drug-likeness (QED) is 0.107. The van der Waals surface area contributed by atoms with Crippen LogP contribution in [0.15, 0.2) is 117 Å². The summed E-state index contributed by atoms with van der Waals surface area (Å²) in [5, 5.41) is 0. The van der Waals surface area contributed by atoms with Crippen LogP contribution >= 0.6 is 0 Å². The summed E-state index contributed by atoms with van der Waals surface area (Å²) in [5.41, 5.74) is 2.70. The van der Waals surface area contributed by atoms with Gasteiger partial charge in [0.25, 0.3) is 0 Å². The van der Waals surface area contributed by atoms with Crippen LogP contribution in [0.4, 0.5) is 4.39 Å². The Bertz CT molecular complexity index is 1430. The summed E-state index contributed by atoms with van der Waals surface area (Å²) in [6.07, 6.45) is 13.8. The van der Waals surface area contributed by atoms with Crippen molar-refractivity contribution in [3.05, 3.63) is 145 Å². The Morgan fingerprint density at radius 2 is 1.23 bits per heavy atom. The normalized spacial score (nSPS) is 11.2. The number of hydrogen-bond acceptors (Lipinski definition) is 6. The molecule has 0 radical (unpaired) electrons. The molecule has 0 aliphatic rings. The second kappa shape index (κ2) is 15.0. The minimum Gasteiger partial charge on any atom is -0.462 e. The number of rotatable bonds is 12. The summed E-state index contributed by atoms with van der Waals surface area (Å²) in [5.74, 6) is -0.497. The molecule has 0 unspecified atom stereocenters. The third kappa shape index (κ3) is 9.51. The van der Waals surface area contributed by atoms with Crippen molar-refractivity contribution in [3.8, 4) is 11.5 Å². The zero-order chi connectivity index (χ0) is 27.9. The standard InChI is InChI=1S/C32H25FO6/c1-3-31(34)38-21-19-36-28-17-12-24(13-18-28)9-10-25-11-14-26(29(33)23-25)15-16-27-7-5-6-8-30(27)37-20-22-39-32(35)4-2/h3-23H,1-2H2. The zero-order valence-corrected chi connectivity index (χ0v) is 20.9. The van der Waals surface area contributed by atoms with E-state index in [9.17, 15) is 14.0 Å². The lowest BCUT2D eigenvalue weighted by Gasteiger charge is -2.05. The summed E-state index contributed by atoms with van der Waals surface area (Å²) < 4.78 is 35.0. The Labute approximate surface area is 225 Å². The van der Waals surface area contributed by atoms with Crippen LogP contribution in [0.25, 0.3) is 24.3 Å². The number of benzene rings is 3. The van der Waals surface area contributed by atoms with Gasteiger partial charge in [0.15, 0.2) is 0 Å². The smallest absolute Gasteiger partial charge is 0.335 e. The van der Waals surface area contributed by atoms with Gasteiger partial charge in [-0.15, -0.1) is 0 Å². The number of esters is 2. The van der Waals surface area contributed by atoms with Gasteiger partial charge in [0.05, 0.1) is 0 Å². The first-order valence-electron chi connectivity index (χ1n) is 11.6. The zero-order valence-electron chi connectivity index (χ0n) is 20.9. The van der Waals surface area contributed by atoms with E-state index in [0.29, 0.717) is 28.2 Å². The van der Waals surface area contributed by atoms with Gasteiger partial charge in [-0.2, -0.15) is 0 Å². The summed E-state index contributed by atoms with van der Waals surface area (Å²) >= 11 is 0. The van der Waals surface area contributed by atoms with Crippen molar-refractivity contribution >= 4 is 36.2 Å². The molecule has 3 rings (SSSR count). The molecule has 0 saturated carbocycles. The molecule has 7 heteroatoms. The van der Waals surface area contributed by atoms with Crippen molar-refractivity contribution in [2.24, 2.45) is 0 Å². The fourth-order valence-electron chi connectivity index (χ4n) is 3.03. The number of para-hydroxylation sites is 1. The van der Waals surface area contributed by atoms with Gasteiger partial charge in [-0.25, -0.2) is 14.0 Å². The predicted octanol–water partition coefficient (Wildman–Crippen LogP) is 7.32. The van der Waals surface area contributed by atoms with Crippen LogP contribution in [0.5, 0.6) is 11.5 Å². The summed E-state index contributed by atoms with van der Waals surface area (Å²) in [7, 11) is 0. The lowest BCUT2D eigenvalue weighted by molar-refractivity contribution is -0.133. The van der Waals surface area contributed by atoms with Crippen LogP contribution < -0.4 is 9.47 Å². The molecule has 0 fully saturated rings. The Morgan fingerprint density at radius 1 is 0.641 bits per heavy atom. The molecule has 0 aliphatic carbocycles. The van der Waals surface area contributed by atoms with E-state index in [2.05, 4.69) is 17.9 Å². The molecule has 0 heterocycles. The van der Waals surface area contributed by atoms with Gasteiger partial charge in [-0.3, -0.25) is 0 Å². The van der Waals surface area contributed by atoms with Gasteiger partial charge < -0.3 is 18.9 Å². The number of hydrogen-bond donors (Lipinski definition) is 0. The van der Waals surface area contributed by atoms with Crippen LogP contribution in [0.1, 0.15) is 22.3 Å². The fourth-order valence-corrected chi connectivity index (χ4v) is 3.03. The molecule has 0 amide bonds. The lowest BCUT2D eigenvalue weighted by atomic mass is 10.1. The highest BCUT2D eigenvalue weighted by Gasteiger charge is 2.02. The van der Waals surface area contributed by atoms with Gasteiger partial charge >= 0.3 is 11.9 Å². The molecule has 0 atom stereocenters. The molecule has 0 aromatic heterocycles. The average Bonchev–Trinajstić information content (AvgIpc) is 2.96. The predicted molar refractivity (Wildman–Crippen MR) is 149 cm³/mol. The molecule has 0 spiro atoms. The first-order chi connectivity index (χ1) is 19.0. The van der Waals surface area contributed by atoms with E-state index in [1.807, 2.05) is 36.4 Å². The number of ether oxygens (including phenoxy) is 4. The van der Waals surface area contributed by atoms with Crippen LogP contribution in [0, 0.1) is 5.82 Å². The largest absolute Gasteiger partial charge is 0.462 e. The number of carbonyl (C=O) groups is 2. The molecular formula is C32H25FO6. The Morgan fingerprint density at radius 3 is 1.90 bits per heavy atom. The second-order valence-electron chi connectivity index (χ2n) is 7.62. The highest BCUT2D eigenvalue weighted by Crippen LogP contribution is 2.22. The Balaban J connectivity index is 1.60. The van der Waals surface area contributed by atoms with Crippen molar-refractivity contribution in [2.75, 3.05) is 0 Å². The topological polar surface area (TPSA) is 71.1 Å². The third-order valence-electron chi connectivity index (χ3n) is 4.95. The average molecular weight is 525 g/mol. The molecule has 0 bridgehead atoms. The maximum absolute atomic E-state index is 14.8. The van der Waals surface area contributed by atoms with E-state index in [1.54, 1.807) is 48.6 Å². The molecule has 6 nitrogen and oxygen atoms in total. The minimum atomic E-state index is -0.598. The second-order valence-corrected chi connectivity index (χ2v) is 7.62. The van der Waals surface area contributed by atoms with Gasteiger partial charge in [-0.05, 0) is 35.4 Å². The van der Waals surface area contributed by atoms with Crippen molar-refractivity contribution in [1.82, 2.24) is 0 Å². The van der Waals surface area contributed by atoms with Crippen LogP contribution in [-0.2, 0) is 19.1 Å². The maximum atomic E-state index is 14.8. The van der Waals surface area contributed by atoms with E-state index in [4.69, 9.17) is 14.2 Å². The van der Waals surface area contributed by atoms with E-state index < -0.39 is 11.9 Å². The van der Waals surface area contributed by atoms with Crippen LogP contribution in [0.3, 0.4) is 0 Å². The summed E-state index contributed by atoms with van der Waals surface area (Å²) in [4.78, 5) is 22.0. The third-order valence-corrected chi connectivity index (χ3v) is 4.95. The van der Waals surface area contributed by atoms with E-state index in [1.165, 1.54) is 18.6 Å². The lowest BCUT2D eigenvalue weighted by Crippen LogP contribution is -1.93. The molecule has 39 heavy (non-hydrogen) atoms. The maximum Gasteiger partial charge on any atom is 0.335 e. The minimum absolute atomic E-state index is 0.379. The highest BCUT2D eigenvalue weighted by atomic mass is 19.1. The van der Waals surface area contributed by atoms with E-state index >= 15 is 0 Å². The van der Waals surface area contributed by atoms with Crippen LogP contribution in [0.2, 0.25) is 0 Å². The first kappa shape index (κ1) is 28.1. The van der Waals surface area contributed by atoms with Crippen LogP contribution in [-0.4, -0.2) is 11.9 Å². The fraction of sp³-hybridized carbons (Fsp3) is 0. The molecular weight excluding hydrogens is 499 g/mol. The molecule has 0 N–H and O–H groups in total. The molecule has 0 aliphatic heterocycles. The van der Waals surface area contributed by atoms with Crippen molar-refractivity contribution in [3.63, 3.8) is 0 Å². The molecule has 3 aromatic rings. The van der Waals surface area contributed by atoms with E-state index in [0.717, 1.165) is 30.2 Å². The van der Waals surface area contributed by atoms with Crippen molar-refractivity contribution in [2.45, 2.75) is 0 Å². The van der Waals surface area contributed by atoms with E-state index in [-0.39, 0.29) is 5.82 Å². The van der Waals surface area contributed by atoms with Gasteiger partial charge in [0, 0.05) is 23.3 Å². The monoisotopic (exact) mass is 524 g/mol. The first-order valence-corrected chi connectivity index (χ1v) is 11.6. The van der Waals surface area contributed by atoms with Crippen molar-refractivity contribution < 1.29 is 32.9 Å².